The minimum Gasteiger partial charge on any atom is -0.465 e. The topological polar surface area (TPSA) is 209 Å². The zero-order chi connectivity index (χ0) is 33.0. The smallest absolute Gasteiger partial charge is 0.305 e. The van der Waals surface area contributed by atoms with Gasteiger partial charge in [0.15, 0.2) is 0 Å². The van der Waals surface area contributed by atoms with E-state index in [4.69, 9.17) is 4.74 Å². The van der Waals surface area contributed by atoms with E-state index in [-0.39, 0.29) is 56.5 Å². The molecule has 0 amide bonds. The van der Waals surface area contributed by atoms with Crippen LogP contribution in [0, 0.1) is 38.0 Å². The van der Waals surface area contributed by atoms with Crippen molar-refractivity contribution in [1.82, 2.24) is 0 Å². The van der Waals surface area contributed by atoms with Crippen LogP contribution in [0.1, 0.15) is 76.2 Å². The minimum absolute atomic E-state index is 0.0304. The number of unbranched alkanes of at least 4 members (excludes halogenated alkanes) is 1. The highest BCUT2D eigenvalue weighted by molar-refractivity contribution is 5.78. The van der Waals surface area contributed by atoms with E-state index >= 15 is 0 Å². The number of nitrogens with zero attached hydrogens (tertiary/aromatic N) is 2. The van der Waals surface area contributed by atoms with Crippen molar-refractivity contribution in [2.45, 2.75) is 95.4 Å². The van der Waals surface area contributed by atoms with E-state index in [9.17, 15) is 45.1 Å². The number of ether oxygens (including phenoxy) is 1. The Morgan fingerprint density at radius 3 is 2.36 bits per heavy atom. The number of hydrogen-bond donors (Lipinski definition) is 3. The molecule has 1 aromatic rings. The third kappa shape index (κ3) is 16.3. The van der Waals surface area contributed by atoms with Crippen molar-refractivity contribution in [2.24, 2.45) is 17.8 Å². The van der Waals surface area contributed by atoms with Gasteiger partial charge in [-0.1, -0.05) is 42.5 Å². The fourth-order valence-corrected chi connectivity index (χ4v) is 5.60. The molecule has 252 valence electrons. The number of allylic oxidation sites excluding steroid dienone is 2. The van der Waals surface area contributed by atoms with Crippen molar-refractivity contribution in [1.29, 1.82) is 0 Å². The first kappa shape index (κ1) is 37.6. The zero-order valence-corrected chi connectivity index (χ0v) is 25.5. The van der Waals surface area contributed by atoms with Crippen molar-refractivity contribution in [3.05, 3.63) is 68.3 Å². The second-order valence-corrected chi connectivity index (χ2v) is 11.5. The summed E-state index contributed by atoms with van der Waals surface area (Å²) in [6, 6.07) is 9.95. The highest BCUT2D eigenvalue weighted by Gasteiger charge is 2.40. The molecule has 14 nitrogen and oxygen atoms in total. The molecule has 1 fully saturated rings. The quantitative estimate of drug-likeness (QED) is 0.0488. The first-order valence-electron chi connectivity index (χ1n) is 15.5. The average Bonchev–Trinajstić information content (AvgIpc) is 3.27. The van der Waals surface area contributed by atoms with E-state index in [1.807, 2.05) is 42.5 Å². The number of benzene rings is 1. The van der Waals surface area contributed by atoms with Crippen LogP contribution < -0.4 is 0 Å². The molecule has 3 N–H and O–H groups in total. The molecule has 14 heteroatoms. The molecule has 1 aliphatic carbocycles. The predicted molar refractivity (Wildman–Crippen MR) is 160 cm³/mol. The summed E-state index contributed by atoms with van der Waals surface area (Å²) in [7, 11) is 0. The second-order valence-electron chi connectivity index (χ2n) is 11.5. The maximum atomic E-state index is 12.2. The van der Waals surface area contributed by atoms with Gasteiger partial charge in [0.25, 0.3) is 10.2 Å². The Hall–Kier alpha value is -3.62. The molecule has 6 atom stereocenters. The number of Topliss-reactive ketones (excluding diaryl/α,β-unsaturated/α-hetero) is 1. The lowest BCUT2D eigenvalue weighted by Gasteiger charge is -2.23. The van der Waals surface area contributed by atoms with Gasteiger partial charge in [0.1, 0.15) is 12.4 Å². The summed E-state index contributed by atoms with van der Waals surface area (Å²) in [6.45, 7) is -0.929. The van der Waals surface area contributed by atoms with Gasteiger partial charge in [-0.05, 0) is 75.2 Å². The van der Waals surface area contributed by atoms with Crippen LogP contribution in [0.2, 0.25) is 0 Å². The molecule has 1 aliphatic rings. The van der Waals surface area contributed by atoms with Crippen molar-refractivity contribution in [3.8, 4) is 0 Å². The summed E-state index contributed by atoms with van der Waals surface area (Å²) in [5, 5.41) is 50.3. The maximum Gasteiger partial charge on any atom is 0.305 e. The summed E-state index contributed by atoms with van der Waals surface area (Å²) in [4.78, 5) is 53.5. The molecular formula is C31H46N2O12. The Morgan fingerprint density at radius 2 is 1.64 bits per heavy atom. The molecule has 2 rings (SSSR count). The van der Waals surface area contributed by atoms with E-state index in [1.165, 1.54) is 5.56 Å². The van der Waals surface area contributed by atoms with Gasteiger partial charge < -0.3 is 29.7 Å². The molecule has 0 radical (unpaired) electrons. The Balaban J connectivity index is 1.68. The molecule has 0 aromatic heterocycles. The highest BCUT2D eigenvalue weighted by Crippen LogP contribution is 2.38. The van der Waals surface area contributed by atoms with E-state index in [0.717, 1.165) is 6.42 Å². The fraction of sp³-hybridized carbons (Fsp3) is 0.677. The monoisotopic (exact) mass is 638 g/mol. The van der Waals surface area contributed by atoms with Crippen molar-refractivity contribution >= 4 is 11.8 Å². The van der Waals surface area contributed by atoms with Crippen LogP contribution in [0.4, 0.5) is 0 Å². The SMILES string of the molecule is O=C(CCCO[N+](=O)[O-])CC(COC(=O)CCCC=CC[C@@H]1[C@@H](CC[C@@H](O)CCc2ccccc2)[C@H](O)C[C@@H]1O)CO[N+](=O)[O-]. The average molecular weight is 639 g/mol. The van der Waals surface area contributed by atoms with Gasteiger partial charge in [0.05, 0.1) is 31.5 Å². The Morgan fingerprint density at radius 1 is 0.933 bits per heavy atom. The standard InChI is InChI=1S/C31H46N2O12/c34-25(15-14-23-9-4-3-5-10-23)16-17-28-27(29(36)20-30(28)37)12-6-1-2-7-13-31(38)43-21-24(22-45-33(41)42)19-26(35)11-8-18-44-32(39)40/h1,3-6,9-10,24-25,27-30,34,36-37H,2,7-8,11-22H2/t24?,25-,27+,28+,29-,30+/m0/s1. The Labute approximate surface area is 262 Å². The number of hydrogen-bond acceptors (Lipinski definition) is 12. The van der Waals surface area contributed by atoms with Crippen molar-refractivity contribution < 1.29 is 49.5 Å². The lowest BCUT2D eigenvalue weighted by molar-refractivity contribution is -0.759. The van der Waals surface area contributed by atoms with E-state index in [0.29, 0.717) is 44.9 Å². The van der Waals surface area contributed by atoms with Crippen LogP contribution in [0.5, 0.6) is 0 Å². The minimum atomic E-state index is -0.999. The molecule has 0 spiro atoms. The van der Waals surface area contributed by atoms with E-state index in [2.05, 4.69) is 9.68 Å². The predicted octanol–water partition coefficient (Wildman–Crippen LogP) is 3.55. The normalized spacial score (nSPS) is 20.9. The van der Waals surface area contributed by atoms with Gasteiger partial charge in [-0.3, -0.25) is 9.59 Å². The zero-order valence-electron chi connectivity index (χ0n) is 25.5. The third-order valence-electron chi connectivity index (χ3n) is 8.00. The highest BCUT2D eigenvalue weighted by atomic mass is 17.0. The van der Waals surface area contributed by atoms with Gasteiger partial charge in [0, 0.05) is 25.2 Å². The van der Waals surface area contributed by atoms with Crippen molar-refractivity contribution in [2.75, 3.05) is 19.8 Å². The molecule has 45 heavy (non-hydrogen) atoms. The number of rotatable bonds is 24. The number of esters is 1. The molecule has 0 heterocycles. The summed E-state index contributed by atoms with van der Waals surface area (Å²) < 4.78 is 5.20. The lowest BCUT2D eigenvalue weighted by Crippen LogP contribution is -2.23. The molecule has 1 aromatic carbocycles. The summed E-state index contributed by atoms with van der Waals surface area (Å²) in [5.41, 5.74) is 1.17. The first-order valence-corrected chi connectivity index (χ1v) is 15.5. The van der Waals surface area contributed by atoms with Crippen molar-refractivity contribution in [3.63, 3.8) is 0 Å². The molecule has 1 unspecified atom stereocenters. The summed E-state index contributed by atoms with van der Waals surface area (Å²) in [6.07, 6.45) is 6.64. The third-order valence-corrected chi connectivity index (χ3v) is 8.00. The fourth-order valence-electron chi connectivity index (χ4n) is 5.60. The van der Waals surface area contributed by atoms with Gasteiger partial charge >= 0.3 is 5.97 Å². The number of ketones is 1. The maximum absolute atomic E-state index is 12.2. The summed E-state index contributed by atoms with van der Waals surface area (Å²) in [5.74, 6) is -1.82. The van der Waals surface area contributed by atoms with Gasteiger partial charge in [0.2, 0.25) is 0 Å². The number of carbonyl (C=O) groups is 2. The van der Waals surface area contributed by atoms with E-state index < -0.39 is 47.0 Å². The van der Waals surface area contributed by atoms with Gasteiger partial charge in [-0.25, -0.2) is 0 Å². The molecule has 0 saturated heterocycles. The largest absolute Gasteiger partial charge is 0.465 e. The van der Waals surface area contributed by atoms with Crippen LogP contribution in [-0.4, -0.2) is 75.4 Å². The molecule has 1 saturated carbocycles. The number of aliphatic hydroxyl groups is 3. The second kappa shape index (κ2) is 21.2. The number of carbonyl (C=O) groups excluding carboxylic acids is 2. The molecular weight excluding hydrogens is 592 g/mol. The Bertz CT molecular complexity index is 1070. The molecule has 0 bridgehead atoms. The van der Waals surface area contributed by atoms with Crippen LogP contribution in [0.15, 0.2) is 42.5 Å². The summed E-state index contributed by atoms with van der Waals surface area (Å²) >= 11 is 0. The number of aliphatic hydroxyl groups excluding tert-OH is 3. The lowest BCUT2D eigenvalue weighted by atomic mass is 9.85. The van der Waals surface area contributed by atoms with Crippen LogP contribution in [0.3, 0.4) is 0 Å². The number of aryl methyl sites for hydroxylation is 1. The van der Waals surface area contributed by atoms with Crippen LogP contribution in [-0.2, 0) is 30.4 Å². The Kier molecular flexibility index (Phi) is 17.7. The first-order chi connectivity index (χ1) is 21.5. The van der Waals surface area contributed by atoms with Crippen LogP contribution >= 0.6 is 0 Å². The van der Waals surface area contributed by atoms with Crippen LogP contribution in [0.25, 0.3) is 0 Å². The van der Waals surface area contributed by atoms with E-state index in [1.54, 1.807) is 0 Å². The molecule has 0 aliphatic heterocycles. The van der Waals surface area contributed by atoms with Gasteiger partial charge in [-0.15, -0.1) is 20.2 Å². The van der Waals surface area contributed by atoms with Gasteiger partial charge in [-0.2, -0.15) is 0 Å².